The summed E-state index contributed by atoms with van der Waals surface area (Å²) in [6, 6.07) is 57.3. The molecule has 0 fully saturated rings. The number of benzene rings is 8. The molecule has 0 saturated heterocycles. The summed E-state index contributed by atoms with van der Waals surface area (Å²) in [6.07, 6.45) is 0. The summed E-state index contributed by atoms with van der Waals surface area (Å²) in [5.41, 5.74) is 7.96. The zero-order chi connectivity index (χ0) is 34.4. The Morgan fingerprint density at radius 2 is 1.09 bits per heavy atom. The summed E-state index contributed by atoms with van der Waals surface area (Å²) in [5, 5.41) is 14.6. The second kappa shape index (κ2) is 9.94. The zero-order valence-corrected chi connectivity index (χ0v) is 29.0. The molecule has 5 aromatic heterocycles. The van der Waals surface area contributed by atoms with Crippen molar-refractivity contribution >= 4 is 113 Å². The minimum absolute atomic E-state index is 0.685. The molecule has 0 unspecified atom stereocenters. The normalized spacial score (nSPS) is 12.5. The molecule has 0 aliphatic heterocycles. The molecule has 13 aromatic rings. The SMILES string of the molecule is c1ccc2cc(-c3nc(-n4c5ccc6ccccc6c5c5cc6c7ccccc7n7c8ccccc8c(c54)c67)nc4sc5ccccc5c34)ccc2c1. The fourth-order valence-electron chi connectivity index (χ4n) is 9.24. The van der Waals surface area contributed by atoms with Crippen LogP contribution in [0.5, 0.6) is 0 Å². The third kappa shape index (κ3) is 3.54. The Balaban J connectivity index is 1.27. The van der Waals surface area contributed by atoms with Crippen LogP contribution in [-0.4, -0.2) is 18.9 Å². The molecule has 0 atom stereocenters. The number of hydrogen-bond donors (Lipinski definition) is 0. The van der Waals surface area contributed by atoms with Gasteiger partial charge < -0.3 is 4.40 Å². The van der Waals surface area contributed by atoms with E-state index in [2.05, 4.69) is 167 Å². The molecule has 244 valence electrons. The van der Waals surface area contributed by atoms with E-state index in [1.165, 1.54) is 80.5 Å². The summed E-state index contributed by atoms with van der Waals surface area (Å²) in [6.45, 7) is 0. The largest absolute Gasteiger partial charge is 0.308 e. The lowest BCUT2D eigenvalue weighted by molar-refractivity contribution is 1.02. The van der Waals surface area contributed by atoms with Gasteiger partial charge in [0, 0.05) is 53.4 Å². The monoisotopic (exact) mass is 690 g/mol. The highest BCUT2D eigenvalue weighted by Gasteiger charge is 2.27. The Hall–Kier alpha value is -6.82. The molecule has 0 bridgehead atoms. The van der Waals surface area contributed by atoms with Gasteiger partial charge in [0.05, 0.1) is 33.3 Å². The maximum absolute atomic E-state index is 5.65. The van der Waals surface area contributed by atoms with Crippen LogP contribution in [0.1, 0.15) is 0 Å². The second-order valence-corrected chi connectivity index (χ2v) is 15.2. The zero-order valence-electron chi connectivity index (χ0n) is 28.2. The molecule has 0 amide bonds. The van der Waals surface area contributed by atoms with Gasteiger partial charge in [-0.25, -0.2) is 9.97 Å². The molecule has 13 rings (SSSR count). The van der Waals surface area contributed by atoms with Crippen LogP contribution in [-0.2, 0) is 0 Å². The summed E-state index contributed by atoms with van der Waals surface area (Å²) >= 11 is 1.74. The number of rotatable bonds is 2. The molecule has 5 heteroatoms. The number of fused-ring (bicyclic) bond motifs is 16. The molecule has 5 heterocycles. The highest BCUT2D eigenvalue weighted by atomic mass is 32.1. The van der Waals surface area contributed by atoms with E-state index in [-0.39, 0.29) is 0 Å². The first kappa shape index (κ1) is 27.8. The molecule has 4 nitrogen and oxygen atoms in total. The van der Waals surface area contributed by atoms with E-state index in [4.69, 9.17) is 9.97 Å². The van der Waals surface area contributed by atoms with Gasteiger partial charge in [0.25, 0.3) is 0 Å². The van der Waals surface area contributed by atoms with Crippen molar-refractivity contribution in [3.05, 3.63) is 158 Å². The van der Waals surface area contributed by atoms with E-state index >= 15 is 0 Å². The predicted octanol–water partition coefficient (Wildman–Crippen LogP) is 13.1. The summed E-state index contributed by atoms with van der Waals surface area (Å²) in [5.74, 6) is 0.685. The van der Waals surface area contributed by atoms with Crippen LogP contribution in [0.4, 0.5) is 0 Å². The average Bonchev–Trinajstić information content (AvgIpc) is 3.95. The lowest BCUT2D eigenvalue weighted by Gasteiger charge is -2.12. The van der Waals surface area contributed by atoms with Crippen LogP contribution in [0.15, 0.2) is 158 Å². The van der Waals surface area contributed by atoms with Crippen molar-refractivity contribution in [3.63, 3.8) is 0 Å². The molecule has 8 aromatic carbocycles. The summed E-state index contributed by atoms with van der Waals surface area (Å²) in [4.78, 5) is 12.2. The molecule has 53 heavy (non-hydrogen) atoms. The van der Waals surface area contributed by atoms with Gasteiger partial charge in [-0.05, 0) is 57.9 Å². The van der Waals surface area contributed by atoms with Crippen molar-refractivity contribution in [2.24, 2.45) is 0 Å². The minimum Gasteiger partial charge on any atom is -0.308 e. The summed E-state index contributed by atoms with van der Waals surface area (Å²) in [7, 11) is 0. The minimum atomic E-state index is 0.685. The van der Waals surface area contributed by atoms with Crippen LogP contribution < -0.4 is 0 Å². The van der Waals surface area contributed by atoms with Gasteiger partial charge in [-0.2, -0.15) is 0 Å². The van der Waals surface area contributed by atoms with Gasteiger partial charge in [0.1, 0.15) is 4.83 Å². The Morgan fingerprint density at radius 1 is 0.415 bits per heavy atom. The van der Waals surface area contributed by atoms with E-state index in [1.807, 2.05) is 0 Å². The van der Waals surface area contributed by atoms with Gasteiger partial charge in [-0.3, -0.25) is 4.57 Å². The smallest absolute Gasteiger partial charge is 0.236 e. The van der Waals surface area contributed by atoms with Gasteiger partial charge >= 0.3 is 0 Å². The molecule has 0 spiro atoms. The Bertz CT molecular complexity index is 3700. The topological polar surface area (TPSA) is 35.1 Å². The van der Waals surface area contributed by atoms with Crippen LogP contribution in [0.25, 0.3) is 119 Å². The van der Waals surface area contributed by atoms with E-state index in [0.29, 0.717) is 5.95 Å². The number of hydrogen-bond acceptors (Lipinski definition) is 3. The van der Waals surface area contributed by atoms with Gasteiger partial charge in [-0.1, -0.05) is 121 Å². The van der Waals surface area contributed by atoms with Crippen molar-refractivity contribution < 1.29 is 0 Å². The van der Waals surface area contributed by atoms with Crippen LogP contribution in [0, 0.1) is 0 Å². The quantitative estimate of drug-likeness (QED) is 0.181. The van der Waals surface area contributed by atoms with Crippen molar-refractivity contribution in [2.45, 2.75) is 0 Å². The van der Waals surface area contributed by atoms with Crippen molar-refractivity contribution in [1.82, 2.24) is 18.9 Å². The maximum Gasteiger partial charge on any atom is 0.236 e. The first-order chi connectivity index (χ1) is 26.3. The third-order valence-corrected chi connectivity index (χ3v) is 12.5. The molecular formula is C48H26N4S. The first-order valence-corrected chi connectivity index (χ1v) is 18.8. The lowest BCUT2D eigenvalue weighted by atomic mass is 10.0. The van der Waals surface area contributed by atoms with Crippen molar-refractivity contribution in [3.8, 4) is 17.2 Å². The van der Waals surface area contributed by atoms with Gasteiger partial charge in [0.15, 0.2) is 0 Å². The number of thiophene rings is 1. The Morgan fingerprint density at radius 3 is 1.96 bits per heavy atom. The first-order valence-electron chi connectivity index (χ1n) is 18.0. The number of nitrogens with zero attached hydrogens (tertiary/aromatic N) is 4. The number of para-hydroxylation sites is 2. The molecular weight excluding hydrogens is 665 g/mol. The van der Waals surface area contributed by atoms with Crippen molar-refractivity contribution in [1.29, 1.82) is 0 Å². The third-order valence-electron chi connectivity index (χ3n) is 11.4. The van der Waals surface area contributed by atoms with Crippen LogP contribution in [0.2, 0.25) is 0 Å². The fourth-order valence-corrected chi connectivity index (χ4v) is 10.3. The number of aromatic nitrogens is 4. The molecule has 0 aliphatic carbocycles. The summed E-state index contributed by atoms with van der Waals surface area (Å²) < 4.78 is 6.04. The fraction of sp³-hybridized carbons (Fsp3) is 0. The highest BCUT2D eigenvalue weighted by molar-refractivity contribution is 7.25. The molecule has 0 N–H and O–H groups in total. The van der Waals surface area contributed by atoms with E-state index < -0.39 is 0 Å². The standard InChI is InChI=1S/C48H26N4S/c1-2-13-29-25-30(22-21-27(29)11-1)44-42-34-17-7-10-20-40(34)53-47(42)50-48(49-44)52-39-24-23-28-12-3-4-14-31(28)41(39)36-26-35-32-15-5-8-18-37(32)51-38-19-9-6-16-33(38)43(45(35)51)46(36)52/h1-26H. The molecule has 0 radical (unpaired) electrons. The van der Waals surface area contributed by atoms with Gasteiger partial charge in [-0.15, -0.1) is 11.3 Å². The Labute approximate surface area is 305 Å². The van der Waals surface area contributed by atoms with E-state index in [9.17, 15) is 0 Å². The Kier molecular flexibility index (Phi) is 5.22. The van der Waals surface area contributed by atoms with Crippen molar-refractivity contribution in [2.75, 3.05) is 0 Å². The van der Waals surface area contributed by atoms with Crippen LogP contribution >= 0.6 is 11.3 Å². The lowest BCUT2D eigenvalue weighted by Crippen LogP contribution is -2.03. The molecule has 0 saturated carbocycles. The molecule has 0 aliphatic rings. The van der Waals surface area contributed by atoms with Gasteiger partial charge in [0.2, 0.25) is 5.95 Å². The average molecular weight is 691 g/mol. The maximum atomic E-state index is 5.65. The van der Waals surface area contributed by atoms with Crippen LogP contribution in [0.3, 0.4) is 0 Å². The highest BCUT2D eigenvalue weighted by Crippen LogP contribution is 2.48. The second-order valence-electron chi connectivity index (χ2n) is 14.1. The van der Waals surface area contributed by atoms with E-state index in [1.54, 1.807) is 11.3 Å². The van der Waals surface area contributed by atoms with E-state index in [0.717, 1.165) is 32.5 Å². The predicted molar refractivity (Wildman–Crippen MR) is 224 cm³/mol.